The van der Waals surface area contributed by atoms with Crippen LogP contribution < -0.4 is 0 Å². The zero-order chi connectivity index (χ0) is 9.12. The largest absolute Gasteiger partial charge is 0.349 e. The van der Waals surface area contributed by atoms with E-state index >= 15 is 0 Å². The summed E-state index contributed by atoms with van der Waals surface area (Å²) in [6.07, 6.45) is 0. The molecular weight excluding hydrogens is 167 g/mol. The lowest BCUT2D eigenvalue weighted by Gasteiger charge is -2.19. The van der Waals surface area contributed by atoms with Crippen molar-refractivity contribution in [3.05, 3.63) is 0 Å². The molecule has 1 unspecified atom stereocenters. The molecule has 0 aliphatic carbocycles. The van der Waals surface area contributed by atoms with Gasteiger partial charge in [-0.15, -0.1) is 0 Å². The fraction of sp³-hybridized carbons (Fsp3) is 1.00. The van der Waals surface area contributed by atoms with E-state index in [1.165, 1.54) is 0 Å². The first-order valence-corrected chi connectivity index (χ1v) is 5.32. The van der Waals surface area contributed by atoms with Crippen molar-refractivity contribution in [1.29, 1.82) is 0 Å². The standard InChI is InChI=1S/C6H15O4P/c1-6(2,3)9-5-10-11(4,7)8/h5H2,1-4H3,(H,7,8). The monoisotopic (exact) mass is 182 g/mol. The Labute approximate surface area is 67.0 Å². The molecule has 0 spiro atoms. The second-order valence-electron chi connectivity index (χ2n) is 3.31. The molecule has 0 rings (SSSR count). The van der Waals surface area contributed by atoms with Crippen molar-refractivity contribution in [2.75, 3.05) is 13.5 Å². The van der Waals surface area contributed by atoms with Gasteiger partial charge in [-0.2, -0.15) is 0 Å². The molecule has 0 amide bonds. The molecule has 0 heterocycles. The number of hydrogen-bond acceptors (Lipinski definition) is 3. The van der Waals surface area contributed by atoms with Crippen molar-refractivity contribution in [3.63, 3.8) is 0 Å². The van der Waals surface area contributed by atoms with Gasteiger partial charge in [0, 0.05) is 6.66 Å². The van der Waals surface area contributed by atoms with Gasteiger partial charge < -0.3 is 9.63 Å². The summed E-state index contributed by atoms with van der Waals surface area (Å²) in [5.41, 5.74) is -0.338. The Morgan fingerprint density at radius 2 is 1.91 bits per heavy atom. The molecule has 4 nitrogen and oxygen atoms in total. The van der Waals surface area contributed by atoms with Gasteiger partial charge >= 0.3 is 7.60 Å². The quantitative estimate of drug-likeness (QED) is 0.532. The summed E-state index contributed by atoms with van der Waals surface area (Å²) >= 11 is 0. The fourth-order valence-electron chi connectivity index (χ4n) is 0.301. The van der Waals surface area contributed by atoms with E-state index < -0.39 is 7.60 Å². The van der Waals surface area contributed by atoms with E-state index in [0.717, 1.165) is 6.66 Å². The maximum atomic E-state index is 10.6. The van der Waals surface area contributed by atoms with Crippen LogP contribution in [0.15, 0.2) is 0 Å². The van der Waals surface area contributed by atoms with Crippen LogP contribution in [-0.4, -0.2) is 24.0 Å². The number of hydrogen-bond donors (Lipinski definition) is 1. The molecule has 5 heteroatoms. The molecule has 68 valence electrons. The number of rotatable bonds is 3. The summed E-state index contributed by atoms with van der Waals surface area (Å²) in [5.74, 6) is 0. The van der Waals surface area contributed by atoms with Crippen molar-refractivity contribution in [3.8, 4) is 0 Å². The summed E-state index contributed by atoms with van der Waals surface area (Å²) in [4.78, 5) is 8.67. The summed E-state index contributed by atoms with van der Waals surface area (Å²) in [7, 11) is -3.38. The minimum atomic E-state index is -3.38. The van der Waals surface area contributed by atoms with Gasteiger partial charge in [-0.3, -0.25) is 9.09 Å². The minimum Gasteiger partial charge on any atom is -0.349 e. The molecule has 0 aromatic heterocycles. The van der Waals surface area contributed by atoms with Crippen LogP contribution in [0.4, 0.5) is 0 Å². The molecule has 0 bridgehead atoms. The lowest BCUT2D eigenvalue weighted by Crippen LogP contribution is -2.20. The van der Waals surface area contributed by atoms with Crippen molar-refractivity contribution >= 4 is 7.60 Å². The third-order valence-electron chi connectivity index (χ3n) is 0.784. The molecule has 0 aliphatic heterocycles. The van der Waals surface area contributed by atoms with Gasteiger partial charge in [0.05, 0.1) is 5.60 Å². The van der Waals surface area contributed by atoms with Crippen LogP contribution in [0.2, 0.25) is 0 Å². The summed E-state index contributed by atoms with van der Waals surface area (Å²) in [6, 6.07) is 0. The summed E-state index contributed by atoms with van der Waals surface area (Å²) in [5, 5.41) is 0. The van der Waals surface area contributed by atoms with E-state index in [4.69, 9.17) is 9.63 Å². The smallest absolute Gasteiger partial charge is 0.327 e. The molecule has 0 aromatic carbocycles. The van der Waals surface area contributed by atoms with Gasteiger partial charge in [0.25, 0.3) is 0 Å². The molecule has 0 fully saturated rings. The SMILES string of the molecule is CC(C)(C)OCOP(C)(=O)O. The molecule has 1 N–H and O–H groups in total. The van der Waals surface area contributed by atoms with Crippen molar-refractivity contribution in [2.45, 2.75) is 26.4 Å². The lowest BCUT2D eigenvalue weighted by atomic mass is 10.2. The van der Waals surface area contributed by atoms with Gasteiger partial charge in [-0.1, -0.05) is 0 Å². The highest BCUT2D eigenvalue weighted by molar-refractivity contribution is 7.51. The van der Waals surface area contributed by atoms with Gasteiger partial charge in [0.15, 0.2) is 6.79 Å². The Hall–Kier alpha value is 0.110. The van der Waals surface area contributed by atoms with Crippen LogP contribution in [-0.2, 0) is 13.8 Å². The third kappa shape index (κ3) is 10.1. The zero-order valence-corrected chi connectivity index (χ0v) is 8.22. The highest BCUT2D eigenvalue weighted by atomic mass is 31.2. The van der Waals surface area contributed by atoms with E-state index in [2.05, 4.69) is 4.52 Å². The van der Waals surface area contributed by atoms with E-state index in [1.807, 2.05) is 20.8 Å². The first-order valence-electron chi connectivity index (χ1n) is 3.29. The van der Waals surface area contributed by atoms with Crippen molar-refractivity contribution in [1.82, 2.24) is 0 Å². The van der Waals surface area contributed by atoms with E-state index in [-0.39, 0.29) is 12.4 Å². The molecule has 0 radical (unpaired) electrons. The Kier molecular flexibility index (Phi) is 3.71. The Balaban J connectivity index is 3.52. The molecule has 0 aromatic rings. The molecule has 11 heavy (non-hydrogen) atoms. The second-order valence-corrected chi connectivity index (χ2v) is 5.17. The zero-order valence-electron chi connectivity index (χ0n) is 7.33. The summed E-state index contributed by atoms with van der Waals surface area (Å²) in [6.45, 7) is 6.50. The predicted octanol–water partition coefficient (Wildman–Crippen LogP) is 1.59. The third-order valence-corrected chi connectivity index (χ3v) is 1.37. The van der Waals surface area contributed by atoms with Crippen LogP contribution in [0.5, 0.6) is 0 Å². The molecule has 1 atom stereocenters. The van der Waals surface area contributed by atoms with Gasteiger partial charge in [-0.25, -0.2) is 0 Å². The van der Waals surface area contributed by atoms with E-state index in [9.17, 15) is 4.57 Å². The second kappa shape index (κ2) is 3.68. The normalized spacial score (nSPS) is 17.9. The van der Waals surface area contributed by atoms with Crippen LogP contribution in [0.3, 0.4) is 0 Å². The highest BCUT2D eigenvalue weighted by Crippen LogP contribution is 2.36. The topological polar surface area (TPSA) is 55.8 Å². The Morgan fingerprint density at radius 3 is 2.18 bits per heavy atom. The molecule has 0 saturated heterocycles. The van der Waals surface area contributed by atoms with Crippen molar-refractivity contribution in [2.24, 2.45) is 0 Å². The minimum absolute atomic E-state index is 0.145. The fourth-order valence-corrected chi connectivity index (χ4v) is 0.549. The first kappa shape index (κ1) is 11.1. The maximum Gasteiger partial charge on any atom is 0.327 e. The Morgan fingerprint density at radius 1 is 1.45 bits per heavy atom. The van der Waals surface area contributed by atoms with Crippen LogP contribution in [0.25, 0.3) is 0 Å². The van der Waals surface area contributed by atoms with E-state index in [1.54, 1.807) is 0 Å². The lowest BCUT2D eigenvalue weighted by molar-refractivity contribution is -0.0781. The van der Waals surface area contributed by atoms with Crippen LogP contribution in [0.1, 0.15) is 20.8 Å². The Bertz CT molecular complexity index is 154. The highest BCUT2D eigenvalue weighted by Gasteiger charge is 2.14. The average molecular weight is 182 g/mol. The van der Waals surface area contributed by atoms with Gasteiger partial charge in [0.2, 0.25) is 0 Å². The predicted molar refractivity (Wildman–Crippen MR) is 42.5 cm³/mol. The van der Waals surface area contributed by atoms with Crippen LogP contribution >= 0.6 is 7.60 Å². The maximum absolute atomic E-state index is 10.6. The molecule has 0 aliphatic rings. The summed E-state index contributed by atoms with van der Waals surface area (Å²) < 4.78 is 20.1. The molecule has 0 saturated carbocycles. The van der Waals surface area contributed by atoms with E-state index in [0.29, 0.717) is 0 Å². The first-order chi connectivity index (χ1) is 4.71. The van der Waals surface area contributed by atoms with Crippen molar-refractivity contribution < 1.29 is 18.7 Å². The van der Waals surface area contributed by atoms with Crippen LogP contribution in [0, 0.1) is 0 Å². The van der Waals surface area contributed by atoms with Gasteiger partial charge in [0.1, 0.15) is 0 Å². The number of ether oxygens (including phenoxy) is 1. The molecular formula is C6H15O4P. The average Bonchev–Trinajstić information content (AvgIpc) is 1.55. The van der Waals surface area contributed by atoms with Gasteiger partial charge in [-0.05, 0) is 20.8 Å².